The van der Waals surface area contributed by atoms with Gasteiger partial charge in [-0.15, -0.1) is 0 Å². The minimum Gasteiger partial charge on any atom is -0.494 e. The number of hydrogen-bond acceptors (Lipinski definition) is 5. The molecule has 3 aromatic carbocycles. The van der Waals surface area contributed by atoms with Crippen LogP contribution in [0.5, 0.6) is 5.75 Å². The summed E-state index contributed by atoms with van der Waals surface area (Å²) in [6, 6.07) is 19.8. The summed E-state index contributed by atoms with van der Waals surface area (Å²) >= 11 is 1.39. The van der Waals surface area contributed by atoms with Gasteiger partial charge in [-0.1, -0.05) is 47.7 Å². The number of hydrogen-bond donors (Lipinski definition) is 1. The lowest BCUT2D eigenvalue weighted by molar-refractivity contribution is 0.155. The molecule has 0 bridgehead atoms. The van der Waals surface area contributed by atoms with Crippen LogP contribution in [0.4, 0.5) is 9.93 Å². The fraction of sp³-hybridized carbons (Fsp3) is 0.143. The van der Waals surface area contributed by atoms with E-state index in [1.165, 1.54) is 11.3 Å². The Balaban J connectivity index is 1.40. The smallest absolute Gasteiger partial charge is 0.413 e. The summed E-state index contributed by atoms with van der Waals surface area (Å²) in [6.07, 6.45) is -0.521. The van der Waals surface area contributed by atoms with Crippen LogP contribution in [-0.4, -0.2) is 17.7 Å². The standard InChI is InChI=1S/C21H18N2O3S/c1-2-25-17-9-10-18-19(12-17)27-20(22-18)23-21(24)26-13-14-7-8-15-5-3-4-6-16(15)11-14/h3-12H,2,13H2,1H3,(H,22,23,24). The SMILES string of the molecule is CCOc1ccc2nc(NC(=O)OCc3ccc4ccccc4c3)sc2c1. The van der Waals surface area contributed by atoms with E-state index in [2.05, 4.69) is 16.4 Å². The van der Waals surface area contributed by atoms with Gasteiger partial charge in [0.25, 0.3) is 0 Å². The molecule has 1 amide bonds. The molecule has 1 heterocycles. The van der Waals surface area contributed by atoms with E-state index in [1.54, 1.807) is 0 Å². The number of carbonyl (C=O) groups excluding carboxylic acids is 1. The van der Waals surface area contributed by atoms with Gasteiger partial charge in [-0.05, 0) is 47.5 Å². The topological polar surface area (TPSA) is 60.5 Å². The number of anilines is 1. The lowest BCUT2D eigenvalue weighted by atomic mass is 10.1. The minimum atomic E-state index is -0.521. The zero-order valence-corrected chi connectivity index (χ0v) is 15.6. The largest absolute Gasteiger partial charge is 0.494 e. The Kier molecular flexibility index (Phi) is 4.89. The molecule has 0 atom stereocenters. The number of nitrogens with zero attached hydrogens (tertiary/aromatic N) is 1. The molecule has 4 aromatic rings. The van der Waals surface area contributed by atoms with Gasteiger partial charge in [-0.2, -0.15) is 0 Å². The molecule has 27 heavy (non-hydrogen) atoms. The van der Waals surface area contributed by atoms with E-state index in [9.17, 15) is 4.79 Å². The summed E-state index contributed by atoms with van der Waals surface area (Å²) in [5.74, 6) is 0.791. The summed E-state index contributed by atoms with van der Waals surface area (Å²) in [4.78, 5) is 16.5. The Labute approximate surface area is 160 Å². The van der Waals surface area contributed by atoms with Crippen molar-refractivity contribution >= 4 is 43.6 Å². The third kappa shape index (κ3) is 4.01. The summed E-state index contributed by atoms with van der Waals surface area (Å²) < 4.78 is 11.8. The Morgan fingerprint density at radius 3 is 2.78 bits per heavy atom. The van der Waals surface area contributed by atoms with Crippen molar-refractivity contribution in [1.82, 2.24) is 4.98 Å². The molecule has 0 spiro atoms. The first-order valence-electron chi connectivity index (χ1n) is 8.66. The normalized spacial score (nSPS) is 10.9. The van der Waals surface area contributed by atoms with Gasteiger partial charge in [-0.25, -0.2) is 9.78 Å². The third-order valence-corrected chi connectivity index (χ3v) is 5.00. The first-order chi connectivity index (χ1) is 13.2. The number of aromatic nitrogens is 1. The van der Waals surface area contributed by atoms with E-state index in [1.807, 2.05) is 61.5 Å². The maximum atomic E-state index is 12.1. The van der Waals surface area contributed by atoms with Crippen molar-refractivity contribution in [3.05, 3.63) is 66.2 Å². The van der Waals surface area contributed by atoms with Gasteiger partial charge in [0.1, 0.15) is 12.4 Å². The Morgan fingerprint density at radius 1 is 1.07 bits per heavy atom. The molecule has 4 rings (SSSR count). The van der Waals surface area contributed by atoms with Crippen LogP contribution in [0.25, 0.3) is 21.0 Å². The quantitative estimate of drug-likeness (QED) is 0.491. The predicted octanol–water partition coefficient (Wildman–Crippen LogP) is 5.60. The number of nitrogens with one attached hydrogen (secondary N) is 1. The lowest BCUT2D eigenvalue weighted by Gasteiger charge is -2.06. The second-order valence-corrected chi connectivity index (χ2v) is 6.99. The second kappa shape index (κ2) is 7.63. The van der Waals surface area contributed by atoms with Crippen molar-refractivity contribution in [2.24, 2.45) is 0 Å². The average molecular weight is 378 g/mol. The highest BCUT2D eigenvalue weighted by atomic mass is 32.1. The molecule has 136 valence electrons. The average Bonchev–Trinajstić information content (AvgIpc) is 3.08. The first kappa shape index (κ1) is 17.3. The Bertz CT molecular complexity index is 1110. The first-order valence-corrected chi connectivity index (χ1v) is 9.48. The lowest BCUT2D eigenvalue weighted by Crippen LogP contribution is -2.13. The number of rotatable bonds is 5. The van der Waals surface area contributed by atoms with Crippen LogP contribution in [-0.2, 0) is 11.3 Å². The zero-order valence-electron chi connectivity index (χ0n) is 14.8. The molecule has 0 saturated carbocycles. The fourth-order valence-corrected chi connectivity index (χ4v) is 3.70. The van der Waals surface area contributed by atoms with Crippen molar-refractivity contribution in [2.45, 2.75) is 13.5 Å². The molecular formula is C21H18N2O3S. The molecule has 5 nitrogen and oxygen atoms in total. The molecule has 0 fully saturated rings. The summed E-state index contributed by atoms with van der Waals surface area (Å²) in [7, 11) is 0. The van der Waals surface area contributed by atoms with E-state index in [4.69, 9.17) is 9.47 Å². The van der Waals surface area contributed by atoms with Crippen LogP contribution < -0.4 is 10.1 Å². The molecule has 0 radical (unpaired) electrons. The van der Waals surface area contributed by atoms with E-state index < -0.39 is 6.09 Å². The highest BCUT2D eigenvalue weighted by Gasteiger charge is 2.10. The van der Waals surface area contributed by atoms with Gasteiger partial charge in [-0.3, -0.25) is 5.32 Å². The molecule has 1 N–H and O–H groups in total. The van der Waals surface area contributed by atoms with Crippen LogP contribution in [0.2, 0.25) is 0 Å². The van der Waals surface area contributed by atoms with E-state index >= 15 is 0 Å². The number of amides is 1. The fourth-order valence-electron chi connectivity index (χ4n) is 2.82. The van der Waals surface area contributed by atoms with E-state index in [0.29, 0.717) is 11.7 Å². The molecule has 0 aliphatic carbocycles. The molecule has 0 unspecified atom stereocenters. The Hall–Kier alpha value is -3.12. The molecular weight excluding hydrogens is 360 g/mol. The number of benzene rings is 3. The second-order valence-electron chi connectivity index (χ2n) is 5.96. The zero-order chi connectivity index (χ0) is 18.6. The monoisotopic (exact) mass is 378 g/mol. The molecule has 0 aliphatic heterocycles. The van der Waals surface area contributed by atoms with Crippen molar-refractivity contribution in [3.8, 4) is 5.75 Å². The molecule has 0 aliphatic rings. The van der Waals surface area contributed by atoms with Crippen LogP contribution in [0.3, 0.4) is 0 Å². The van der Waals surface area contributed by atoms with Gasteiger partial charge in [0.15, 0.2) is 5.13 Å². The van der Waals surface area contributed by atoms with E-state index in [0.717, 1.165) is 32.3 Å². The van der Waals surface area contributed by atoms with Crippen molar-refractivity contribution in [3.63, 3.8) is 0 Å². The van der Waals surface area contributed by atoms with Gasteiger partial charge < -0.3 is 9.47 Å². The molecule has 1 aromatic heterocycles. The van der Waals surface area contributed by atoms with Crippen LogP contribution in [0.1, 0.15) is 12.5 Å². The molecule has 0 saturated heterocycles. The van der Waals surface area contributed by atoms with Gasteiger partial charge in [0.2, 0.25) is 0 Å². The van der Waals surface area contributed by atoms with Crippen molar-refractivity contribution in [2.75, 3.05) is 11.9 Å². The minimum absolute atomic E-state index is 0.204. The highest BCUT2D eigenvalue weighted by molar-refractivity contribution is 7.22. The Morgan fingerprint density at radius 2 is 1.93 bits per heavy atom. The predicted molar refractivity (Wildman–Crippen MR) is 109 cm³/mol. The number of fused-ring (bicyclic) bond motifs is 2. The van der Waals surface area contributed by atoms with E-state index in [-0.39, 0.29) is 6.61 Å². The summed E-state index contributed by atoms with van der Waals surface area (Å²) in [5, 5.41) is 5.48. The highest BCUT2D eigenvalue weighted by Crippen LogP contribution is 2.29. The van der Waals surface area contributed by atoms with Gasteiger partial charge in [0.05, 0.1) is 16.8 Å². The number of thiazole rings is 1. The van der Waals surface area contributed by atoms with Gasteiger partial charge >= 0.3 is 6.09 Å². The maximum Gasteiger partial charge on any atom is 0.413 e. The van der Waals surface area contributed by atoms with Crippen LogP contribution in [0, 0.1) is 0 Å². The number of ether oxygens (including phenoxy) is 2. The summed E-state index contributed by atoms with van der Waals surface area (Å²) in [5.41, 5.74) is 1.75. The third-order valence-electron chi connectivity index (χ3n) is 4.06. The van der Waals surface area contributed by atoms with Crippen LogP contribution >= 0.6 is 11.3 Å². The van der Waals surface area contributed by atoms with Crippen LogP contribution in [0.15, 0.2) is 60.7 Å². The molecule has 6 heteroatoms. The van der Waals surface area contributed by atoms with Crippen molar-refractivity contribution in [1.29, 1.82) is 0 Å². The number of carbonyl (C=O) groups is 1. The maximum absolute atomic E-state index is 12.1. The van der Waals surface area contributed by atoms with Gasteiger partial charge in [0, 0.05) is 0 Å². The van der Waals surface area contributed by atoms with Crippen molar-refractivity contribution < 1.29 is 14.3 Å². The summed E-state index contributed by atoms with van der Waals surface area (Å²) in [6.45, 7) is 2.75.